The van der Waals surface area contributed by atoms with Gasteiger partial charge < -0.3 is 15.5 Å². The molecule has 1 aliphatic heterocycles. The molecule has 0 bridgehead atoms. The van der Waals surface area contributed by atoms with Crippen LogP contribution in [0, 0.1) is 5.92 Å². The maximum atomic E-state index is 13.1. The molecule has 6 rings (SSSR count). The van der Waals surface area contributed by atoms with Gasteiger partial charge in [0.15, 0.2) is 0 Å². The van der Waals surface area contributed by atoms with Gasteiger partial charge in [0.1, 0.15) is 6.17 Å². The number of amides is 2. The second kappa shape index (κ2) is 11.2. The summed E-state index contributed by atoms with van der Waals surface area (Å²) in [6.45, 7) is 1.35. The first-order valence-corrected chi connectivity index (χ1v) is 13.8. The monoisotopic (exact) mass is 515 g/mol. The van der Waals surface area contributed by atoms with E-state index >= 15 is 0 Å². The summed E-state index contributed by atoms with van der Waals surface area (Å²) in [5, 5.41) is 6.65. The van der Waals surface area contributed by atoms with Gasteiger partial charge in [0, 0.05) is 41.4 Å². The fourth-order valence-corrected chi connectivity index (χ4v) is 5.50. The molecule has 196 valence electrons. The van der Waals surface area contributed by atoms with Crippen molar-refractivity contribution in [3.8, 4) is 0 Å². The number of rotatable bonds is 10. The molecule has 0 saturated heterocycles. The molecule has 1 heterocycles. The average molecular weight is 516 g/mol. The zero-order valence-corrected chi connectivity index (χ0v) is 21.9. The Morgan fingerprint density at radius 1 is 0.795 bits per heavy atom. The van der Waals surface area contributed by atoms with Crippen molar-refractivity contribution in [2.75, 3.05) is 18.4 Å². The molecule has 4 aromatic carbocycles. The van der Waals surface area contributed by atoms with Gasteiger partial charge >= 0.3 is 0 Å². The first-order chi connectivity index (χ1) is 19.2. The molecule has 5 nitrogen and oxygen atoms in total. The number of nitrogens with one attached hydrogen (secondary N) is 2. The molecule has 0 radical (unpaired) electrons. The summed E-state index contributed by atoms with van der Waals surface area (Å²) in [4.78, 5) is 28.0. The van der Waals surface area contributed by atoms with Gasteiger partial charge in [0.2, 0.25) is 0 Å². The van der Waals surface area contributed by atoms with Gasteiger partial charge in [-0.1, -0.05) is 78.9 Å². The molecule has 1 fully saturated rings. The van der Waals surface area contributed by atoms with Crippen molar-refractivity contribution in [3.63, 3.8) is 0 Å². The predicted octanol–water partition coefficient (Wildman–Crippen LogP) is 6.62. The molecule has 1 aliphatic carbocycles. The standard InChI is InChI=1S/C34H33N3O2/c38-33(35-22-21-29(25-9-3-1-4-10-25)26-11-5-2-6-12-26)27-17-19-28(20-18-27)36-32-30-13-7-8-14-31(30)34(39)37(32)23-24-15-16-24/h1-14,17-20,24,29,32,36H,15-16,21-23H2,(H,35,38). The van der Waals surface area contributed by atoms with Crippen LogP contribution in [0.15, 0.2) is 109 Å². The quantitative estimate of drug-likeness (QED) is 0.250. The van der Waals surface area contributed by atoms with Crippen LogP contribution in [0.4, 0.5) is 5.69 Å². The third-order valence-electron chi connectivity index (χ3n) is 7.78. The Balaban J connectivity index is 1.09. The van der Waals surface area contributed by atoms with Crippen LogP contribution in [-0.4, -0.2) is 29.8 Å². The van der Waals surface area contributed by atoms with E-state index in [1.807, 2.05) is 65.6 Å². The first kappa shape index (κ1) is 24.9. The Labute approximate surface area is 229 Å². The number of hydrogen-bond donors (Lipinski definition) is 2. The summed E-state index contributed by atoms with van der Waals surface area (Å²) in [5.41, 5.74) is 5.78. The summed E-state index contributed by atoms with van der Waals surface area (Å²) >= 11 is 0. The maximum absolute atomic E-state index is 13.1. The fourth-order valence-electron chi connectivity index (χ4n) is 5.50. The van der Waals surface area contributed by atoms with E-state index in [1.165, 1.54) is 24.0 Å². The maximum Gasteiger partial charge on any atom is 0.256 e. The van der Waals surface area contributed by atoms with Crippen LogP contribution < -0.4 is 10.6 Å². The van der Waals surface area contributed by atoms with Crippen LogP contribution in [0.5, 0.6) is 0 Å². The van der Waals surface area contributed by atoms with Gasteiger partial charge in [-0.25, -0.2) is 0 Å². The van der Waals surface area contributed by atoms with Crippen molar-refractivity contribution in [2.45, 2.75) is 31.3 Å². The summed E-state index contributed by atoms with van der Waals surface area (Å²) in [6, 6.07) is 36.3. The summed E-state index contributed by atoms with van der Waals surface area (Å²) in [6.07, 6.45) is 3.00. The predicted molar refractivity (Wildman–Crippen MR) is 155 cm³/mol. The van der Waals surface area contributed by atoms with E-state index in [1.54, 1.807) is 0 Å². The van der Waals surface area contributed by atoms with Crippen molar-refractivity contribution < 1.29 is 9.59 Å². The van der Waals surface area contributed by atoms with Crippen molar-refractivity contribution in [3.05, 3.63) is 137 Å². The smallest absolute Gasteiger partial charge is 0.256 e. The first-order valence-electron chi connectivity index (χ1n) is 13.8. The van der Waals surface area contributed by atoms with Gasteiger partial charge in [-0.3, -0.25) is 9.59 Å². The van der Waals surface area contributed by atoms with E-state index in [-0.39, 0.29) is 23.9 Å². The average Bonchev–Trinajstić information content (AvgIpc) is 3.78. The molecular formula is C34H33N3O2. The molecular weight excluding hydrogens is 482 g/mol. The summed E-state index contributed by atoms with van der Waals surface area (Å²) in [5.74, 6) is 0.824. The fraction of sp³-hybridized carbons (Fsp3) is 0.235. The summed E-state index contributed by atoms with van der Waals surface area (Å²) in [7, 11) is 0. The van der Waals surface area contributed by atoms with E-state index in [9.17, 15) is 9.59 Å². The SMILES string of the molecule is O=C(NCCC(c1ccccc1)c1ccccc1)c1ccc(NC2c3ccccc3C(=O)N2CC2CC2)cc1. The van der Waals surface area contributed by atoms with Gasteiger partial charge in [-0.05, 0) is 66.6 Å². The molecule has 1 unspecified atom stereocenters. The number of nitrogens with zero attached hydrogens (tertiary/aromatic N) is 1. The van der Waals surface area contributed by atoms with Crippen LogP contribution >= 0.6 is 0 Å². The Morgan fingerprint density at radius 3 is 2.05 bits per heavy atom. The van der Waals surface area contributed by atoms with Crippen molar-refractivity contribution >= 4 is 17.5 Å². The Hall–Kier alpha value is -4.38. The lowest BCUT2D eigenvalue weighted by Gasteiger charge is -2.27. The highest BCUT2D eigenvalue weighted by molar-refractivity contribution is 5.99. The minimum absolute atomic E-state index is 0.0850. The Morgan fingerprint density at radius 2 is 1.41 bits per heavy atom. The van der Waals surface area contributed by atoms with Gasteiger partial charge in [0.25, 0.3) is 11.8 Å². The van der Waals surface area contributed by atoms with Gasteiger partial charge in [-0.15, -0.1) is 0 Å². The normalized spacial score (nSPS) is 16.3. The van der Waals surface area contributed by atoms with E-state index in [2.05, 4.69) is 59.2 Å². The topological polar surface area (TPSA) is 61.4 Å². The zero-order chi connectivity index (χ0) is 26.6. The number of carbonyl (C=O) groups is 2. The van der Waals surface area contributed by atoms with Crippen molar-refractivity contribution in [2.24, 2.45) is 5.92 Å². The van der Waals surface area contributed by atoms with Crippen LogP contribution in [0.25, 0.3) is 0 Å². The van der Waals surface area contributed by atoms with Crippen molar-refractivity contribution in [1.29, 1.82) is 0 Å². The van der Waals surface area contributed by atoms with E-state index in [0.717, 1.165) is 29.8 Å². The molecule has 2 aliphatic rings. The Bertz CT molecular complexity index is 1390. The molecule has 1 saturated carbocycles. The van der Waals surface area contributed by atoms with Crippen LogP contribution in [0.1, 0.15) is 68.8 Å². The third kappa shape index (κ3) is 5.58. The second-order valence-electron chi connectivity index (χ2n) is 10.5. The lowest BCUT2D eigenvalue weighted by molar-refractivity contribution is 0.0734. The highest BCUT2D eigenvalue weighted by atomic mass is 16.2. The molecule has 0 spiro atoms. The number of carbonyl (C=O) groups excluding carboxylic acids is 2. The highest BCUT2D eigenvalue weighted by Crippen LogP contribution is 2.39. The van der Waals surface area contributed by atoms with Gasteiger partial charge in [-0.2, -0.15) is 0 Å². The van der Waals surface area contributed by atoms with E-state index < -0.39 is 0 Å². The molecule has 2 amide bonds. The number of benzene rings is 4. The lowest BCUT2D eigenvalue weighted by atomic mass is 9.88. The Kier molecular flexibility index (Phi) is 7.13. The van der Waals surface area contributed by atoms with E-state index in [4.69, 9.17) is 0 Å². The summed E-state index contributed by atoms with van der Waals surface area (Å²) < 4.78 is 0. The minimum atomic E-state index is -0.193. The van der Waals surface area contributed by atoms with Crippen molar-refractivity contribution in [1.82, 2.24) is 10.2 Å². The van der Waals surface area contributed by atoms with Crippen LogP contribution in [-0.2, 0) is 0 Å². The van der Waals surface area contributed by atoms with Crippen LogP contribution in [0.2, 0.25) is 0 Å². The van der Waals surface area contributed by atoms with E-state index in [0.29, 0.717) is 18.0 Å². The zero-order valence-electron chi connectivity index (χ0n) is 21.9. The minimum Gasteiger partial charge on any atom is -0.361 e. The molecule has 4 aromatic rings. The molecule has 2 N–H and O–H groups in total. The molecule has 5 heteroatoms. The highest BCUT2D eigenvalue weighted by Gasteiger charge is 2.39. The van der Waals surface area contributed by atoms with Crippen LogP contribution in [0.3, 0.4) is 0 Å². The number of fused-ring (bicyclic) bond motifs is 1. The second-order valence-corrected chi connectivity index (χ2v) is 10.5. The lowest BCUT2D eigenvalue weighted by Crippen LogP contribution is -2.34. The molecule has 1 atom stereocenters. The number of hydrogen-bond acceptors (Lipinski definition) is 3. The number of anilines is 1. The molecule has 0 aromatic heterocycles. The largest absolute Gasteiger partial charge is 0.361 e. The van der Waals surface area contributed by atoms with Gasteiger partial charge in [0.05, 0.1) is 0 Å². The molecule has 39 heavy (non-hydrogen) atoms. The third-order valence-corrected chi connectivity index (χ3v) is 7.78.